The summed E-state index contributed by atoms with van der Waals surface area (Å²) >= 11 is 12.1. The van der Waals surface area contributed by atoms with Gasteiger partial charge in [-0.3, -0.25) is 0 Å². The number of anilines is 1. The predicted octanol–water partition coefficient (Wildman–Crippen LogP) is 4.20. The molecule has 0 aliphatic carbocycles. The van der Waals surface area contributed by atoms with E-state index < -0.39 is 0 Å². The largest absolute Gasteiger partial charge is 0.364 e. The highest BCUT2D eigenvalue weighted by molar-refractivity contribution is 6.41. The fourth-order valence-corrected chi connectivity index (χ4v) is 2.66. The molecule has 2 aromatic heterocycles. The lowest BCUT2D eigenvalue weighted by Crippen LogP contribution is -2.06. The molecular formula is C15H14Cl2N4. The molecule has 0 fully saturated rings. The highest BCUT2D eigenvalue weighted by Gasteiger charge is 2.10. The molecule has 0 spiro atoms. The predicted molar refractivity (Wildman–Crippen MR) is 87.0 cm³/mol. The molecule has 0 aliphatic rings. The first-order valence-electron chi connectivity index (χ1n) is 6.51. The number of rotatable bonds is 3. The van der Waals surface area contributed by atoms with Gasteiger partial charge in [0.05, 0.1) is 17.1 Å². The van der Waals surface area contributed by atoms with Gasteiger partial charge in [-0.05, 0) is 25.1 Å². The smallest absolute Gasteiger partial charge is 0.137 e. The molecule has 3 rings (SSSR count). The molecule has 0 saturated heterocycles. The monoisotopic (exact) mass is 320 g/mol. The maximum Gasteiger partial charge on any atom is 0.137 e. The standard InChI is InChI=1S/C15H14Cl2N4/c1-9-3-4-13-11(5-9)15(20-8-19-13)18-7-10-6-12(16)14(17)21(10)2/h3-6,8H,7H2,1-2H3,(H,18,19,20). The minimum absolute atomic E-state index is 0.539. The van der Waals surface area contributed by atoms with Crippen LogP contribution in [0.3, 0.4) is 0 Å². The normalized spacial score (nSPS) is 11.0. The summed E-state index contributed by atoms with van der Waals surface area (Å²) in [4.78, 5) is 8.60. The number of benzene rings is 1. The number of hydrogen-bond acceptors (Lipinski definition) is 3. The Morgan fingerprint density at radius 2 is 2.00 bits per heavy atom. The van der Waals surface area contributed by atoms with Gasteiger partial charge in [0.15, 0.2) is 0 Å². The van der Waals surface area contributed by atoms with Crippen molar-refractivity contribution in [2.75, 3.05) is 5.32 Å². The Hall–Kier alpha value is -1.78. The first-order valence-corrected chi connectivity index (χ1v) is 7.26. The van der Waals surface area contributed by atoms with Gasteiger partial charge in [0.25, 0.3) is 0 Å². The van der Waals surface area contributed by atoms with Gasteiger partial charge in [0.2, 0.25) is 0 Å². The Bertz CT molecular complexity index is 811. The van der Waals surface area contributed by atoms with Crippen LogP contribution >= 0.6 is 23.2 Å². The molecule has 0 radical (unpaired) electrons. The number of nitrogens with zero attached hydrogens (tertiary/aromatic N) is 3. The summed E-state index contributed by atoms with van der Waals surface area (Å²) in [6.45, 7) is 2.63. The van der Waals surface area contributed by atoms with Gasteiger partial charge >= 0.3 is 0 Å². The summed E-state index contributed by atoms with van der Waals surface area (Å²) in [6, 6.07) is 7.96. The van der Waals surface area contributed by atoms with Crippen molar-refractivity contribution in [1.29, 1.82) is 0 Å². The first-order chi connectivity index (χ1) is 10.1. The van der Waals surface area contributed by atoms with Crippen molar-refractivity contribution in [2.45, 2.75) is 13.5 Å². The van der Waals surface area contributed by atoms with E-state index >= 15 is 0 Å². The molecule has 0 atom stereocenters. The number of hydrogen-bond donors (Lipinski definition) is 1. The zero-order valence-electron chi connectivity index (χ0n) is 11.7. The Morgan fingerprint density at radius 3 is 2.71 bits per heavy atom. The number of aryl methyl sites for hydroxylation is 1. The molecule has 1 aromatic carbocycles. The molecule has 21 heavy (non-hydrogen) atoms. The van der Waals surface area contributed by atoms with Crippen LogP contribution in [0.25, 0.3) is 10.9 Å². The van der Waals surface area contributed by atoms with Crippen LogP contribution in [0.5, 0.6) is 0 Å². The van der Waals surface area contributed by atoms with E-state index in [1.54, 1.807) is 6.33 Å². The van der Waals surface area contributed by atoms with E-state index in [1.165, 1.54) is 5.56 Å². The van der Waals surface area contributed by atoms with Crippen LogP contribution in [-0.2, 0) is 13.6 Å². The van der Waals surface area contributed by atoms with Crippen LogP contribution < -0.4 is 5.32 Å². The average molecular weight is 321 g/mol. The van der Waals surface area contributed by atoms with Gasteiger partial charge in [-0.15, -0.1) is 0 Å². The SMILES string of the molecule is Cc1ccc2ncnc(NCc3cc(Cl)c(Cl)n3C)c2c1. The van der Waals surface area contributed by atoms with Crippen LogP contribution in [-0.4, -0.2) is 14.5 Å². The number of aromatic nitrogens is 3. The van der Waals surface area contributed by atoms with E-state index in [9.17, 15) is 0 Å². The van der Waals surface area contributed by atoms with Gasteiger partial charge in [-0.1, -0.05) is 34.8 Å². The highest BCUT2D eigenvalue weighted by atomic mass is 35.5. The van der Waals surface area contributed by atoms with Gasteiger partial charge in [0, 0.05) is 18.1 Å². The maximum atomic E-state index is 6.07. The van der Waals surface area contributed by atoms with Gasteiger partial charge in [0.1, 0.15) is 17.3 Å². The Balaban J connectivity index is 1.91. The van der Waals surface area contributed by atoms with E-state index in [0.29, 0.717) is 16.7 Å². The third-order valence-corrected chi connectivity index (χ3v) is 4.29. The molecule has 2 heterocycles. The molecule has 0 unspecified atom stereocenters. The van der Waals surface area contributed by atoms with Gasteiger partial charge < -0.3 is 9.88 Å². The third-order valence-electron chi connectivity index (χ3n) is 3.44. The molecular weight excluding hydrogens is 307 g/mol. The lowest BCUT2D eigenvalue weighted by atomic mass is 10.1. The molecule has 3 aromatic rings. The molecule has 108 valence electrons. The number of nitrogens with one attached hydrogen (secondary N) is 1. The van der Waals surface area contributed by atoms with Crippen molar-refractivity contribution in [2.24, 2.45) is 7.05 Å². The van der Waals surface area contributed by atoms with Crippen molar-refractivity contribution in [1.82, 2.24) is 14.5 Å². The topological polar surface area (TPSA) is 42.7 Å². The first kappa shape index (κ1) is 14.2. The highest BCUT2D eigenvalue weighted by Crippen LogP contribution is 2.26. The van der Waals surface area contributed by atoms with Crippen LogP contribution in [0, 0.1) is 6.92 Å². The summed E-state index contributed by atoms with van der Waals surface area (Å²) in [7, 11) is 1.88. The molecule has 0 aliphatic heterocycles. The van der Waals surface area contributed by atoms with Crippen LogP contribution in [0.15, 0.2) is 30.6 Å². The molecule has 6 heteroatoms. The molecule has 0 bridgehead atoms. The van der Waals surface area contributed by atoms with Crippen LogP contribution in [0.1, 0.15) is 11.3 Å². The van der Waals surface area contributed by atoms with Crippen molar-refractivity contribution in [3.05, 3.63) is 52.0 Å². The maximum absolute atomic E-state index is 6.07. The van der Waals surface area contributed by atoms with Gasteiger partial charge in [-0.2, -0.15) is 0 Å². The Kier molecular flexibility index (Phi) is 3.74. The Morgan fingerprint density at radius 1 is 1.19 bits per heavy atom. The summed E-state index contributed by atoms with van der Waals surface area (Å²) in [5, 5.41) is 5.42. The van der Waals surface area contributed by atoms with E-state index in [2.05, 4.69) is 21.4 Å². The number of fused-ring (bicyclic) bond motifs is 1. The zero-order valence-corrected chi connectivity index (χ0v) is 13.2. The summed E-state index contributed by atoms with van der Waals surface area (Å²) in [6.07, 6.45) is 1.56. The second-order valence-electron chi connectivity index (χ2n) is 4.93. The van der Waals surface area contributed by atoms with Crippen molar-refractivity contribution in [3.8, 4) is 0 Å². The average Bonchev–Trinajstić information content (AvgIpc) is 2.72. The fraction of sp³-hybridized carbons (Fsp3) is 0.200. The third kappa shape index (κ3) is 2.69. The lowest BCUT2D eigenvalue weighted by Gasteiger charge is -2.09. The molecule has 0 amide bonds. The van der Waals surface area contributed by atoms with E-state index in [4.69, 9.17) is 23.2 Å². The second-order valence-corrected chi connectivity index (χ2v) is 5.70. The summed E-state index contributed by atoms with van der Waals surface area (Å²) in [5.41, 5.74) is 3.08. The van der Waals surface area contributed by atoms with Crippen molar-refractivity contribution < 1.29 is 0 Å². The minimum Gasteiger partial charge on any atom is -0.364 e. The fourth-order valence-electron chi connectivity index (χ4n) is 2.24. The van der Waals surface area contributed by atoms with E-state index in [0.717, 1.165) is 22.4 Å². The summed E-state index contributed by atoms with van der Waals surface area (Å²) in [5.74, 6) is 0.803. The zero-order chi connectivity index (χ0) is 15.0. The second kappa shape index (κ2) is 5.54. The molecule has 1 N–H and O–H groups in total. The van der Waals surface area contributed by atoms with E-state index in [-0.39, 0.29) is 0 Å². The van der Waals surface area contributed by atoms with Gasteiger partial charge in [-0.25, -0.2) is 9.97 Å². The van der Waals surface area contributed by atoms with Crippen LogP contribution in [0.4, 0.5) is 5.82 Å². The summed E-state index contributed by atoms with van der Waals surface area (Å²) < 4.78 is 1.85. The van der Waals surface area contributed by atoms with Crippen molar-refractivity contribution in [3.63, 3.8) is 0 Å². The lowest BCUT2D eigenvalue weighted by molar-refractivity contribution is 0.841. The minimum atomic E-state index is 0.539. The molecule has 0 saturated carbocycles. The van der Waals surface area contributed by atoms with Crippen molar-refractivity contribution >= 4 is 39.9 Å². The van der Waals surface area contributed by atoms with Crippen LogP contribution in [0.2, 0.25) is 10.2 Å². The Labute approximate surface area is 132 Å². The molecule has 4 nitrogen and oxygen atoms in total. The van der Waals surface area contributed by atoms with E-state index in [1.807, 2.05) is 36.7 Å². The quantitative estimate of drug-likeness (QED) is 0.786. The number of halogens is 2.